The van der Waals surface area contributed by atoms with Crippen molar-refractivity contribution in [2.24, 2.45) is 5.41 Å². The van der Waals surface area contributed by atoms with Gasteiger partial charge in [-0.05, 0) is 127 Å². The van der Waals surface area contributed by atoms with Crippen LogP contribution in [0.5, 0.6) is 11.5 Å². The Kier molecular flexibility index (Phi) is 10.1. The molecule has 11 aromatic rings. The monoisotopic (exact) mass is 959 g/mol. The SMILES string of the molecule is [2H]c1c([2H])c([2H])c(-c2cccc(-c3cc(C(C)(C)C)cc(C(C)(C)C)c3)c2-[n+]2[c-]n(-c3cccc(Oc4ccc5c6ccccc6n(-c6cc(C([2H])(C)C(C)(C)C)ccn6)c5c4)c3)c3ccc(-c4ccccc4)cc32)c([2H])c1[2H]. The minimum absolute atomic E-state index is 0.0987. The average molecular weight is 959 g/mol. The zero-order valence-electron chi connectivity index (χ0n) is 49.4. The summed E-state index contributed by atoms with van der Waals surface area (Å²) in [6.07, 6.45) is 5.57. The highest BCUT2D eigenvalue weighted by Crippen LogP contribution is 2.41. The molecule has 0 bridgehead atoms. The fourth-order valence-electron chi connectivity index (χ4n) is 9.82. The van der Waals surface area contributed by atoms with Gasteiger partial charge in [0, 0.05) is 24.4 Å². The molecular weight excluding hydrogens is 889 g/mol. The minimum atomic E-state index is -0.876. The fourth-order valence-corrected chi connectivity index (χ4v) is 9.82. The molecule has 8 aromatic carbocycles. The van der Waals surface area contributed by atoms with E-state index in [0.29, 0.717) is 22.7 Å². The van der Waals surface area contributed by atoms with Crippen LogP contribution in [-0.2, 0) is 10.8 Å². The maximum atomic E-state index is 9.42. The lowest BCUT2D eigenvalue weighted by Crippen LogP contribution is -2.31. The number of imidazole rings is 1. The summed E-state index contributed by atoms with van der Waals surface area (Å²) in [5.41, 5.74) is 11.6. The Morgan fingerprint density at radius 3 is 1.96 bits per heavy atom. The number of hydrogen-bond acceptors (Lipinski definition) is 2. The average Bonchev–Trinajstić information content (AvgIpc) is 3.98. The molecule has 0 fully saturated rings. The molecule has 5 heteroatoms. The zero-order valence-corrected chi connectivity index (χ0v) is 43.4. The Labute approximate surface area is 439 Å². The van der Waals surface area contributed by atoms with Crippen LogP contribution in [0.3, 0.4) is 0 Å². The molecule has 0 N–H and O–H groups in total. The van der Waals surface area contributed by atoms with Crippen molar-refractivity contribution in [3.63, 3.8) is 0 Å². The van der Waals surface area contributed by atoms with Gasteiger partial charge in [-0.2, -0.15) is 0 Å². The van der Waals surface area contributed by atoms with Gasteiger partial charge in [0.2, 0.25) is 0 Å². The summed E-state index contributed by atoms with van der Waals surface area (Å²) in [5, 5.41) is 2.12. The van der Waals surface area contributed by atoms with Gasteiger partial charge in [-0.3, -0.25) is 13.7 Å². The second-order valence-corrected chi connectivity index (χ2v) is 22.2. The maximum Gasteiger partial charge on any atom is 0.269 e. The highest BCUT2D eigenvalue weighted by atomic mass is 16.5. The third-order valence-corrected chi connectivity index (χ3v) is 14.3. The molecule has 3 heterocycles. The number of ether oxygens (including phenoxy) is 1. The summed E-state index contributed by atoms with van der Waals surface area (Å²) in [5.74, 6) is 1.06. The van der Waals surface area contributed by atoms with Crippen molar-refractivity contribution in [2.45, 2.75) is 86.0 Å². The van der Waals surface area contributed by atoms with Gasteiger partial charge in [-0.1, -0.05) is 203 Å². The first-order chi connectivity index (χ1) is 37.4. The van der Waals surface area contributed by atoms with Gasteiger partial charge >= 0.3 is 0 Å². The Bertz CT molecular complexity index is 4150. The second kappa shape index (κ2) is 18.2. The van der Waals surface area contributed by atoms with Crippen LogP contribution in [0.1, 0.15) is 100 Å². The first kappa shape index (κ1) is 40.6. The highest BCUT2D eigenvalue weighted by Gasteiger charge is 2.26. The Morgan fingerprint density at radius 1 is 0.562 bits per heavy atom. The van der Waals surface area contributed by atoms with Crippen LogP contribution in [0.15, 0.2) is 200 Å². The normalized spacial score (nSPS) is 14.3. The predicted octanol–water partition coefficient (Wildman–Crippen LogP) is 17.7. The van der Waals surface area contributed by atoms with E-state index >= 15 is 0 Å². The number of hydrogen-bond donors (Lipinski definition) is 0. The number of pyridine rings is 1. The third kappa shape index (κ3) is 9.03. The maximum absolute atomic E-state index is 9.42. The number of nitrogens with zero attached hydrogens (tertiary/aromatic N) is 4. The van der Waals surface area contributed by atoms with Crippen LogP contribution in [-0.4, -0.2) is 14.1 Å². The summed E-state index contributed by atoms with van der Waals surface area (Å²) < 4.78 is 67.4. The summed E-state index contributed by atoms with van der Waals surface area (Å²) in [4.78, 5) is 4.89. The van der Waals surface area contributed by atoms with Crippen molar-refractivity contribution in [2.75, 3.05) is 0 Å². The number of benzene rings is 8. The first-order valence-electron chi connectivity index (χ1n) is 28.1. The van der Waals surface area contributed by atoms with E-state index in [4.69, 9.17) is 13.8 Å². The van der Waals surface area contributed by atoms with Gasteiger partial charge in [0.15, 0.2) is 0 Å². The lowest BCUT2D eigenvalue weighted by Gasteiger charge is -2.27. The van der Waals surface area contributed by atoms with Crippen molar-refractivity contribution in [1.29, 1.82) is 0 Å². The molecule has 0 aliphatic rings. The summed E-state index contributed by atoms with van der Waals surface area (Å²) >= 11 is 0. The smallest absolute Gasteiger partial charge is 0.269 e. The molecule has 73 heavy (non-hydrogen) atoms. The number of para-hydroxylation sites is 2. The van der Waals surface area contributed by atoms with Gasteiger partial charge in [-0.15, -0.1) is 0 Å². The Balaban J connectivity index is 1.12. The lowest BCUT2D eigenvalue weighted by atomic mass is 9.78. The number of rotatable bonds is 9. The van der Waals surface area contributed by atoms with Gasteiger partial charge in [0.1, 0.15) is 17.3 Å². The van der Waals surface area contributed by atoms with E-state index in [-0.39, 0.29) is 33.9 Å². The molecule has 0 spiro atoms. The molecule has 1 atom stereocenters. The van der Waals surface area contributed by atoms with Crippen molar-refractivity contribution in [3.8, 4) is 62.1 Å². The number of fused-ring (bicyclic) bond motifs is 4. The first-order valence-corrected chi connectivity index (χ1v) is 25.1. The minimum Gasteiger partial charge on any atom is -0.458 e. The van der Waals surface area contributed by atoms with Crippen molar-refractivity contribution in [3.05, 3.63) is 223 Å². The topological polar surface area (TPSA) is 35.9 Å². The van der Waals surface area contributed by atoms with Crippen molar-refractivity contribution >= 4 is 32.8 Å². The van der Waals surface area contributed by atoms with Crippen LogP contribution in [0.2, 0.25) is 0 Å². The molecule has 1 unspecified atom stereocenters. The second-order valence-electron chi connectivity index (χ2n) is 22.2. The van der Waals surface area contributed by atoms with Crippen LogP contribution in [0.25, 0.3) is 83.4 Å². The summed E-state index contributed by atoms with van der Waals surface area (Å²) in [6.45, 7) is 21.5. The molecule has 0 saturated carbocycles. The van der Waals surface area contributed by atoms with Gasteiger partial charge in [0.25, 0.3) is 6.33 Å². The van der Waals surface area contributed by atoms with Crippen molar-refractivity contribution < 1.29 is 17.5 Å². The number of aromatic nitrogens is 4. The largest absolute Gasteiger partial charge is 0.458 e. The van der Waals surface area contributed by atoms with E-state index in [1.165, 1.54) is 0 Å². The van der Waals surface area contributed by atoms with Gasteiger partial charge < -0.3 is 4.74 Å². The molecule has 0 amide bonds. The molecule has 0 radical (unpaired) electrons. The zero-order chi connectivity index (χ0) is 56.1. The highest BCUT2D eigenvalue weighted by molar-refractivity contribution is 6.09. The lowest BCUT2D eigenvalue weighted by molar-refractivity contribution is -0.571. The van der Waals surface area contributed by atoms with Gasteiger partial charge in [0.05, 0.1) is 40.3 Å². The summed E-state index contributed by atoms with van der Waals surface area (Å²) in [6, 6.07) is 53.5. The van der Waals surface area contributed by atoms with E-state index in [1.807, 2.05) is 107 Å². The van der Waals surface area contributed by atoms with E-state index in [9.17, 15) is 4.11 Å². The fraction of sp³-hybridized carbons (Fsp3) is 0.206. The van der Waals surface area contributed by atoms with E-state index in [0.717, 1.165) is 83.3 Å². The molecular formula is C68H64N4O. The molecule has 11 rings (SSSR count). The van der Waals surface area contributed by atoms with E-state index in [2.05, 4.69) is 146 Å². The standard InChI is InChI=1S/C68H64N4O/c1-45(66(2,3)4)48-35-36-69-64(40-48)72-60-30-18-17-27-58(60)59-33-32-55(43-62(59)72)73-54-26-19-25-53(42-54)70-44-71(63-39-49(31-34-61(63)70)46-21-13-11-14-22-46)65-56(47-23-15-12-16-24-47)28-20-29-57(65)50-37-51(67(5,6)7)41-52(38-50)68(8,9)10/h11-43,45H,1-10H3/i12D,15D,16D,23D,24D,45D. The molecule has 5 nitrogen and oxygen atoms in total. The molecule has 362 valence electrons. The Hall–Kier alpha value is -8.02. The van der Waals surface area contributed by atoms with E-state index in [1.54, 1.807) is 6.20 Å². The third-order valence-electron chi connectivity index (χ3n) is 14.3. The molecule has 3 aromatic heterocycles. The molecule has 0 aliphatic heterocycles. The summed E-state index contributed by atoms with van der Waals surface area (Å²) in [7, 11) is 0. The Morgan fingerprint density at radius 2 is 1.23 bits per heavy atom. The van der Waals surface area contributed by atoms with Crippen LogP contribution in [0, 0.1) is 11.7 Å². The van der Waals surface area contributed by atoms with Crippen LogP contribution in [0.4, 0.5) is 0 Å². The molecule has 0 saturated heterocycles. The van der Waals surface area contributed by atoms with Crippen LogP contribution < -0.4 is 9.30 Å². The van der Waals surface area contributed by atoms with Crippen molar-refractivity contribution in [1.82, 2.24) is 14.1 Å². The molecule has 0 aliphatic carbocycles. The predicted molar refractivity (Wildman–Crippen MR) is 304 cm³/mol. The quantitative estimate of drug-likeness (QED) is 0.107. The van der Waals surface area contributed by atoms with Gasteiger partial charge in [-0.25, -0.2) is 4.98 Å². The van der Waals surface area contributed by atoms with E-state index < -0.39 is 24.0 Å². The van der Waals surface area contributed by atoms with Crippen LogP contribution >= 0.6 is 0 Å².